The number of piperazine rings is 1. The van der Waals surface area contributed by atoms with E-state index in [4.69, 9.17) is 31.0 Å². The van der Waals surface area contributed by atoms with E-state index in [-0.39, 0.29) is 6.54 Å². The van der Waals surface area contributed by atoms with Crippen LogP contribution in [0.4, 0.5) is 10.5 Å². The van der Waals surface area contributed by atoms with Crippen molar-refractivity contribution in [1.82, 2.24) is 10.2 Å². The molecule has 5 nitrogen and oxygen atoms in total. The molecule has 6 heteroatoms. The van der Waals surface area contributed by atoms with E-state index in [1.807, 2.05) is 30.0 Å². The summed E-state index contributed by atoms with van der Waals surface area (Å²) in [4.78, 5) is 15.4. The lowest BCUT2D eigenvalue weighted by Gasteiger charge is -2.37. The van der Waals surface area contributed by atoms with Crippen LogP contribution in [0.3, 0.4) is 0 Å². The molecule has 144 valence electrons. The summed E-state index contributed by atoms with van der Waals surface area (Å²) >= 11 is 6.43. The molecule has 1 aromatic carbocycles. The van der Waals surface area contributed by atoms with Gasteiger partial charge in [0, 0.05) is 44.5 Å². The quantitative estimate of drug-likeness (QED) is 0.812. The van der Waals surface area contributed by atoms with Crippen molar-refractivity contribution in [3.63, 3.8) is 0 Å². The molecule has 1 aliphatic heterocycles. The lowest BCUT2D eigenvalue weighted by molar-refractivity contribution is 0.207. The van der Waals surface area contributed by atoms with Crippen molar-refractivity contribution < 1.29 is 18.5 Å². The summed E-state index contributed by atoms with van der Waals surface area (Å²) in [5.41, 5.74) is 6.83. The number of amides is 2. The van der Waals surface area contributed by atoms with Gasteiger partial charge in [0.2, 0.25) is 0 Å². The Hall–Kier alpha value is -1.46. The second-order valence-corrected chi connectivity index (χ2v) is 6.71. The predicted molar refractivity (Wildman–Crippen MR) is 108 cm³/mol. The number of rotatable bonds is 5. The Morgan fingerprint density at radius 2 is 2.00 bits per heavy atom. The maximum absolute atomic E-state index is 11.5. The van der Waals surface area contributed by atoms with Crippen LogP contribution in [0.25, 0.3) is 0 Å². The van der Waals surface area contributed by atoms with Crippen LogP contribution in [0.15, 0.2) is 18.2 Å². The van der Waals surface area contributed by atoms with Gasteiger partial charge < -0.3 is 16.0 Å². The van der Waals surface area contributed by atoms with Crippen molar-refractivity contribution in [2.24, 2.45) is 11.6 Å². The third kappa shape index (κ3) is 5.04. The van der Waals surface area contributed by atoms with Gasteiger partial charge in [-0.1, -0.05) is 23.7 Å². The van der Waals surface area contributed by atoms with Gasteiger partial charge in [0.05, 0.1) is 12.1 Å². The Bertz CT molecular complexity index is 988. The van der Waals surface area contributed by atoms with Gasteiger partial charge in [-0.15, -0.1) is 0 Å². The maximum atomic E-state index is 11.5. The van der Waals surface area contributed by atoms with Gasteiger partial charge in [0.15, 0.2) is 0 Å². The number of hydrogen-bond donors (Lipinski definition) is 2. The van der Waals surface area contributed by atoms with Gasteiger partial charge in [-0.05, 0) is 62.9 Å². The lowest BCUT2D eigenvalue weighted by Crippen LogP contribution is -2.47. The molecule has 3 rings (SSSR count). The number of nitrogens with one attached hydrogen (secondary N) is 1. The molecular formula is C20H31ClN4O. The van der Waals surface area contributed by atoms with E-state index >= 15 is 0 Å². The number of aryl methyl sites for hydroxylation is 1. The van der Waals surface area contributed by atoms with Crippen molar-refractivity contribution in [2.45, 2.75) is 44.9 Å². The van der Waals surface area contributed by atoms with Crippen molar-refractivity contribution in [1.29, 1.82) is 0 Å². The highest BCUT2D eigenvalue weighted by Gasteiger charge is 2.24. The highest BCUT2D eigenvalue weighted by Crippen LogP contribution is 2.30. The summed E-state index contributed by atoms with van der Waals surface area (Å²) in [7, 11) is 0. The number of hydrogen-bond acceptors (Lipinski definition) is 3. The van der Waals surface area contributed by atoms with Gasteiger partial charge >= 0.3 is 6.03 Å². The first-order valence-electron chi connectivity index (χ1n) is 13.6. The van der Waals surface area contributed by atoms with E-state index in [9.17, 15) is 4.79 Å². The topological polar surface area (TPSA) is 61.6 Å². The SMILES string of the molecule is [2H]C1([2H])C([2H])([2H])[C@]([2H])(NC(N)=O)C([2H])([2H])C([2H])([2H])[C@@]1([2H])CCN1CCN(c2cccc(C)c2Cl)CC1. The number of nitrogens with zero attached hydrogens (tertiary/aromatic N) is 2. The van der Waals surface area contributed by atoms with E-state index in [0.717, 1.165) is 11.3 Å². The van der Waals surface area contributed by atoms with Crippen LogP contribution in [0, 0.1) is 12.8 Å². The first kappa shape index (κ1) is 10.2. The average molecular weight is 389 g/mol. The van der Waals surface area contributed by atoms with Crippen molar-refractivity contribution >= 4 is 23.3 Å². The molecule has 1 aliphatic carbocycles. The number of carbonyl (C=O) groups is 1. The van der Waals surface area contributed by atoms with Crippen LogP contribution in [0.1, 0.15) is 51.2 Å². The monoisotopic (exact) mass is 388 g/mol. The molecule has 0 unspecified atom stereocenters. The molecule has 2 fully saturated rings. The van der Waals surface area contributed by atoms with E-state index in [2.05, 4.69) is 4.90 Å². The van der Waals surface area contributed by atoms with Crippen LogP contribution in [0.2, 0.25) is 5.02 Å². The number of anilines is 1. The number of primary amides is 1. The number of urea groups is 1. The Morgan fingerprint density at radius 3 is 2.65 bits per heavy atom. The first-order valence-corrected chi connectivity index (χ1v) is 8.96. The van der Waals surface area contributed by atoms with Gasteiger partial charge in [0.25, 0.3) is 0 Å². The second kappa shape index (κ2) is 8.96. The Labute approximate surface area is 175 Å². The fraction of sp³-hybridized carbons (Fsp3) is 0.650. The summed E-state index contributed by atoms with van der Waals surface area (Å²) in [5.74, 6) is -2.94. The molecule has 0 radical (unpaired) electrons. The highest BCUT2D eigenvalue weighted by atomic mass is 35.5. The Kier molecular flexibility index (Phi) is 3.51. The molecule has 0 atom stereocenters. The molecule has 0 bridgehead atoms. The normalized spacial score (nSPS) is 43.5. The molecular weight excluding hydrogens is 348 g/mol. The molecule has 1 saturated carbocycles. The fourth-order valence-electron chi connectivity index (χ4n) is 3.01. The summed E-state index contributed by atoms with van der Waals surface area (Å²) in [6.45, 7) is 4.00. The van der Waals surface area contributed by atoms with Crippen LogP contribution >= 0.6 is 11.6 Å². The predicted octanol–water partition coefficient (Wildman–Crippen LogP) is 3.39. The smallest absolute Gasteiger partial charge is 0.312 e. The van der Waals surface area contributed by atoms with Crippen LogP contribution in [-0.2, 0) is 0 Å². The summed E-state index contributed by atoms with van der Waals surface area (Å²) < 4.78 is 84.3. The fourth-order valence-corrected chi connectivity index (χ4v) is 3.25. The van der Waals surface area contributed by atoms with Gasteiger partial charge in [-0.25, -0.2) is 4.79 Å². The largest absolute Gasteiger partial charge is 0.368 e. The molecule has 26 heavy (non-hydrogen) atoms. The lowest BCUT2D eigenvalue weighted by atomic mass is 9.84. The van der Waals surface area contributed by atoms with Crippen LogP contribution < -0.4 is 16.0 Å². The average Bonchev–Trinajstić information content (AvgIpc) is 2.77. The van der Waals surface area contributed by atoms with Crippen LogP contribution in [0.5, 0.6) is 0 Å². The molecule has 1 saturated heterocycles. The Balaban J connectivity index is 1.83. The van der Waals surface area contributed by atoms with E-state index in [0.29, 0.717) is 31.2 Å². The van der Waals surface area contributed by atoms with Gasteiger partial charge in [-0.2, -0.15) is 0 Å². The second-order valence-electron chi connectivity index (χ2n) is 6.33. The molecule has 2 aliphatic rings. The van der Waals surface area contributed by atoms with Crippen molar-refractivity contribution in [3.05, 3.63) is 28.8 Å². The summed E-state index contributed by atoms with van der Waals surface area (Å²) in [6.07, 6.45) is -14.3. The van der Waals surface area contributed by atoms with Crippen molar-refractivity contribution in [3.8, 4) is 0 Å². The first-order chi connectivity index (χ1) is 16.3. The standard InChI is InChI=1S/C20H31ClN4O/c1-15-3-2-4-18(19(15)21)25-13-11-24(12-14-25)10-9-16-5-7-17(8-6-16)23-20(22)26/h2-4,16-17H,5-14H2,1H3,(H3,22,23,26)/t16-,17-/i5D2,6D2,7D2,8D2,16D,17D. The van der Waals surface area contributed by atoms with Gasteiger partial charge in [-0.3, -0.25) is 4.90 Å². The maximum Gasteiger partial charge on any atom is 0.312 e. The Morgan fingerprint density at radius 1 is 1.31 bits per heavy atom. The molecule has 3 N–H and O–H groups in total. The number of nitrogens with two attached hydrogens (primary N) is 1. The van der Waals surface area contributed by atoms with Crippen molar-refractivity contribution in [2.75, 3.05) is 37.6 Å². The third-order valence-electron chi connectivity index (χ3n) is 4.49. The zero-order valence-electron chi connectivity index (χ0n) is 24.7. The molecule has 1 heterocycles. The molecule has 0 aromatic heterocycles. The molecule has 2 amide bonds. The summed E-state index contributed by atoms with van der Waals surface area (Å²) in [5, 5.41) is 2.23. The van der Waals surface area contributed by atoms with E-state index in [1.165, 1.54) is 0 Å². The number of benzene rings is 1. The third-order valence-corrected chi connectivity index (χ3v) is 4.98. The number of carbonyl (C=O) groups excluding carboxylic acids is 1. The zero-order valence-corrected chi connectivity index (χ0v) is 15.5. The molecule has 0 spiro atoms. The zero-order chi connectivity index (χ0) is 27.5. The van der Waals surface area contributed by atoms with Crippen LogP contribution in [-0.4, -0.2) is 49.7 Å². The van der Waals surface area contributed by atoms with E-state index in [1.54, 1.807) is 5.32 Å². The van der Waals surface area contributed by atoms with E-state index < -0.39 is 49.9 Å². The molecule has 1 aromatic rings. The van der Waals surface area contributed by atoms with Gasteiger partial charge in [0.1, 0.15) is 0 Å². The minimum Gasteiger partial charge on any atom is -0.368 e. The minimum atomic E-state index is -3.51. The minimum absolute atomic E-state index is 0.00167. The highest BCUT2D eigenvalue weighted by molar-refractivity contribution is 6.34. The summed E-state index contributed by atoms with van der Waals surface area (Å²) in [6, 6.07) is 0.785. The number of halogens is 1.